The van der Waals surface area contributed by atoms with Crippen LogP contribution in [0.3, 0.4) is 0 Å². The molecule has 1 aromatic heterocycles. The molecule has 5 atom stereocenters. The average Bonchev–Trinajstić information content (AvgIpc) is 3.26. The molecule has 1 aliphatic carbocycles. The van der Waals surface area contributed by atoms with Crippen molar-refractivity contribution in [1.29, 1.82) is 0 Å². The normalized spacial score (nSPS) is 33.5. The smallest absolute Gasteiger partial charge is 0.243 e. The zero-order valence-corrected chi connectivity index (χ0v) is 15.6. The number of carbonyl (C=O) groups excluding carboxylic acids is 1. The van der Waals surface area contributed by atoms with Gasteiger partial charge in [-0.2, -0.15) is 0 Å². The maximum atomic E-state index is 13.3. The molecule has 1 saturated carbocycles. The molecule has 2 aromatic rings. The highest BCUT2D eigenvalue weighted by atomic mass is 16.3. The van der Waals surface area contributed by atoms with E-state index in [-0.39, 0.29) is 24.5 Å². The number of aromatic nitrogens is 2. The van der Waals surface area contributed by atoms with Crippen molar-refractivity contribution in [3.63, 3.8) is 0 Å². The molecule has 1 amide bonds. The maximum absolute atomic E-state index is 13.3. The Morgan fingerprint density at radius 1 is 1.26 bits per heavy atom. The molecule has 1 saturated heterocycles. The van der Waals surface area contributed by atoms with Crippen molar-refractivity contribution >= 4 is 5.91 Å². The molecule has 1 aromatic carbocycles. The van der Waals surface area contributed by atoms with Crippen LogP contribution in [0.1, 0.15) is 44.2 Å². The first-order valence-corrected chi connectivity index (χ1v) is 9.68. The van der Waals surface area contributed by atoms with E-state index in [0.717, 1.165) is 18.4 Å². The van der Waals surface area contributed by atoms with E-state index in [1.807, 2.05) is 42.2 Å². The molecule has 27 heavy (non-hydrogen) atoms. The molecule has 2 N–H and O–H groups in total. The maximum Gasteiger partial charge on any atom is 0.243 e. The SMILES string of the molecule is C[C@@]12C[C@H](c3ccccc3)N(C(=O)Cn3ccnc3)[C@@H]1CCC[C@@H](O)[C@H]2O. The first-order chi connectivity index (χ1) is 13.0. The highest BCUT2D eigenvalue weighted by Gasteiger charge is 2.56. The minimum Gasteiger partial charge on any atom is -0.390 e. The van der Waals surface area contributed by atoms with Gasteiger partial charge in [0.15, 0.2) is 0 Å². The molecule has 6 nitrogen and oxygen atoms in total. The summed E-state index contributed by atoms with van der Waals surface area (Å²) in [4.78, 5) is 19.3. The van der Waals surface area contributed by atoms with E-state index in [2.05, 4.69) is 4.98 Å². The summed E-state index contributed by atoms with van der Waals surface area (Å²) in [7, 11) is 0. The lowest BCUT2D eigenvalue weighted by molar-refractivity contribution is -0.137. The van der Waals surface area contributed by atoms with Crippen molar-refractivity contribution in [2.75, 3.05) is 0 Å². The monoisotopic (exact) mass is 369 g/mol. The number of imidazole rings is 1. The highest BCUT2D eigenvalue weighted by molar-refractivity contribution is 5.77. The van der Waals surface area contributed by atoms with Crippen LogP contribution in [0.4, 0.5) is 0 Å². The average molecular weight is 369 g/mol. The molecule has 1 aliphatic heterocycles. The van der Waals surface area contributed by atoms with Crippen molar-refractivity contribution < 1.29 is 15.0 Å². The third kappa shape index (κ3) is 3.17. The van der Waals surface area contributed by atoms with Crippen LogP contribution in [-0.2, 0) is 11.3 Å². The van der Waals surface area contributed by atoms with E-state index in [9.17, 15) is 15.0 Å². The Hall–Kier alpha value is -2.18. The number of nitrogens with zero attached hydrogens (tertiary/aromatic N) is 3. The van der Waals surface area contributed by atoms with Crippen molar-refractivity contribution in [3.05, 3.63) is 54.6 Å². The van der Waals surface area contributed by atoms with Crippen LogP contribution in [0.2, 0.25) is 0 Å². The molecule has 6 heteroatoms. The Kier molecular flexibility index (Phi) is 4.78. The number of benzene rings is 1. The van der Waals surface area contributed by atoms with Gasteiger partial charge in [-0.3, -0.25) is 4.79 Å². The largest absolute Gasteiger partial charge is 0.390 e. The third-order valence-electron chi connectivity index (χ3n) is 6.43. The lowest BCUT2D eigenvalue weighted by atomic mass is 9.74. The van der Waals surface area contributed by atoms with Gasteiger partial charge in [-0.15, -0.1) is 0 Å². The van der Waals surface area contributed by atoms with Crippen LogP contribution in [0.15, 0.2) is 49.1 Å². The van der Waals surface area contributed by atoms with Crippen molar-refractivity contribution in [2.24, 2.45) is 5.41 Å². The summed E-state index contributed by atoms with van der Waals surface area (Å²) in [5, 5.41) is 21.3. The summed E-state index contributed by atoms with van der Waals surface area (Å²) in [6, 6.07) is 9.82. The quantitative estimate of drug-likeness (QED) is 0.869. The van der Waals surface area contributed by atoms with Crippen LogP contribution < -0.4 is 0 Å². The fourth-order valence-electron chi connectivity index (χ4n) is 5.01. The second-order valence-electron chi connectivity index (χ2n) is 8.13. The molecule has 144 valence electrons. The van der Waals surface area contributed by atoms with Crippen molar-refractivity contribution in [2.45, 2.75) is 63.4 Å². The summed E-state index contributed by atoms with van der Waals surface area (Å²) in [5.41, 5.74) is 0.550. The van der Waals surface area contributed by atoms with Crippen LogP contribution in [0.25, 0.3) is 0 Å². The van der Waals surface area contributed by atoms with Gasteiger partial charge in [0.25, 0.3) is 0 Å². The van der Waals surface area contributed by atoms with E-state index >= 15 is 0 Å². The minimum absolute atomic E-state index is 0.0270. The number of carbonyl (C=O) groups is 1. The Morgan fingerprint density at radius 3 is 2.74 bits per heavy atom. The predicted molar refractivity (Wildman–Crippen MR) is 101 cm³/mol. The molecule has 0 bridgehead atoms. The minimum atomic E-state index is -0.831. The molecular weight excluding hydrogens is 342 g/mol. The lowest BCUT2D eigenvalue weighted by Crippen LogP contribution is -2.49. The topological polar surface area (TPSA) is 78.6 Å². The van der Waals surface area contributed by atoms with Crippen LogP contribution >= 0.6 is 0 Å². The van der Waals surface area contributed by atoms with Crippen LogP contribution in [0, 0.1) is 5.41 Å². The number of aliphatic hydroxyl groups excluding tert-OH is 2. The number of rotatable bonds is 3. The summed E-state index contributed by atoms with van der Waals surface area (Å²) >= 11 is 0. The zero-order chi connectivity index (χ0) is 19.0. The summed E-state index contributed by atoms with van der Waals surface area (Å²) in [5.74, 6) is 0.0270. The molecule has 2 aliphatic rings. The van der Waals surface area contributed by atoms with Gasteiger partial charge in [-0.25, -0.2) is 4.98 Å². The van der Waals surface area contributed by atoms with Crippen molar-refractivity contribution in [3.8, 4) is 0 Å². The fourth-order valence-corrected chi connectivity index (χ4v) is 5.01. The number of amides is 1. The van der Waals surface area contributed by atoms with E-state index in [1.54, 1.807) is 23.3 Å². The van der Waals surface area contributed by atoms with E-state index in [4.69, 9.17) is 0 Å². The van der Waals surface area contributed by atoms with Crippen molar-refractivity contribution in [1.82, 2.24) is 14.5 Å². The second kappa shape index (κ2) is 7.09. The molecule has 0 radical (unpaired) electrons. The van der Waals surface area contributed by atoms with E-state index in [1.165, 1.54) is 0 Å². The Balaban J connectivity index is 1.72. The van der Waals surface area contributed by atoms with Gasteiger partial charge >= 0.3 is 0 Å². The molecule has 2 fully saturated rings. The van der Waals surface area contributed by atoms with Crippen LogP contribution in [0.5, 0.6) is 0 Å². The highest BCUT2D eigenvalue weighted by Crippen LogP contribution is 2.53. The van der Waals surface area contributed by atoms with E-state index in [0.29, 0.717) is 12.8 Å². The first-order valence-electron chi connectivity index (χ1n) is 9.68. The Labute approximate surface area is 159 Å². The van der Waals surface area contributed by atoms with Gasteiger partial charge in [-0.05, 0) is 31.2 Å². The Morgan fingerprint density at radius 2 is 2.04 bits per heavy atom. The number of fused-ring (bicyclic) bond motifs is 1. The van der Waals surface area contributed by atoms with Gasteiger partial charge < -0.3 is 19.7 Å². The predicted octanol–water partition coefficient (Wildman–Crippen LogP) is 2.14. The van der Waals surface area contributed by atoms with Gasteiger partial charge in [0, 0.05) is 23.9 Å². The van der Waals surface area contributed by atoms with Crippen LogP contribution in [-0.4, -0.2) is 48.8 Å². The standard InChI is InChI=1S/C21H27N3O3/c1-21-12-16(15-6-3-2-4-7-15)24(19(26)13-23-11-10-22-14-23)18(21)9-5-8-17(25)20(21)27/h2-4,6-7,10-11,14,16-18,20,25,27H,5,8-9,12-13H2,1H3/t16-,17-,18-,20-,21-/m1/s1. The zero-order valence-electron chi connectivity index (χ0n) is 15.6. The summed E-state index contributed by atoms with van der Waals surface area (Å²) in [6.45, 7) is 2.26. The lowest BCUT2D eigenvalue weighted by Gasteiger charge is -2.38. The molecule has 4 rings (SSSR count). The number of hydrogen-bond donors (Lipinski definition) is 2. The number of likely N-dealkylation sites (tertiary alicyclic amines) is 1. The molecule has 2 heterocycles. The molecule has 0 unspecified atom stereocenters. The van der Waals surface area contributed by atoms with Gasteiger partial charge in [0.1, 0.15) is 6.54 Å². The molecular formula is C21H27N3O3. The number of hydrogen-bond acceptors (Lipinski definition) is 4. The van der Waals surface area contributed by atoms with E-state index < -0.39 is 17.6 Å². The Bertz CT molecular complexity index is 779. The number of aliphatic hydroxyl groups is 2. The first kappa shape index (κ1) is 18.2. The summed E-state index contributed by atoms with van der Waals surface area (Å²) < 4.78 is 1.78. The van der Waals surface area contributed by atoms with Gasteiger partial charge in [0.2, 0.25) is 5.91 Å². The molecule has 0 spiro atoms. The van der Waals surface area contributed by atoms with Gasteiger partial charge in [-0.1, -0.05) is 37.3 Å². The second-order valence-corrected chi connectivity index (χ2v) is 8.13. The van der Waals surface area contributed by atoms with Gasteiger partial charge in [0.05, 0.1) is 24.6 Å². The fraction of sp³-hybridized carbons (Fsp3) is 0.524. The third-order valence-corrected chi connectivity index (χ3v) is 6.43. The summed E-state index contributed by atoms with van der Waals surface area (Å²) in [6.07, 6.45) is 6.36.